The molecule has 1 aliphatic rings. The van der Waals surface area contributed by atoms with Crippen LogP contribution in [0.2, 0.25) is 0 Å². The van der Waals surface area contributed by atoms with Crippen molar-refractivity contribution in [2.75, 3.05) is 0 Å². The second-order valence-corrected chi connectivity index (χ2v) is 8.08. The highest BCUT2D eigenvalue weighted by Crippen LogP contribution is 2.42. The van der Waals surface area contributed by atoms with Crippen LogP contribution in [0.25, 0.3) is 11.1 Å². The zero-order valence-electron chi connectivity index (χ0n) is 15.9. The summed E-state index contributed by atoms with van der Waals surface area (Å²) in [5.41, 5.74) is 3.87. The number of nitrogens with zero attached hydrogens (tertiary/aromatic N) is 1. The predicted octanol–water partition coefficient (Wildman–Crippen LogP) is 6.77. The van der Waals surface area contributed by atoms with E-state index in [0.29, 0.717) is 12.2 Å². The first-order valence-corrected chi connectivity index (χ1v) is 10.3. The molecule has 1 aliphatic carbocycles. The van der Waals surface area contributed by atoms with E-state index in [-0.39, 0.29) is 11.4 Å². The van der Waals surface area contributed by atoms with E-state index >= 15 is 0 Å². The van der Waals surface area contributed by atoms with Gasteiger partial charge < -0.3 is 4.74 Å². The van der Waals surface area contributed by atoms with E-state index in [4.69, 9.17) is 10.00 Å². The van der Waals surface area contributed by atoms with Crippen molar-refractivity contribution in [3.8, 4) is 16.5 Å². The van der Waals surface area contributed by atoms with Gasteiger partial charge in [0.05, 0.1) is 23.5 Å². The number of benzene rings is 3. The predicted molar refractivity (Wildman–Crippen MR) is 112 cm³/mol. The third-order valence-corrected chi connectivity index (χ3v) is 6.16. The van der Waals surface area contributed by atoms with Crippen molar-refractivity contribution in [1.29, 1.82) is 5.26 Å². The van der Waals surface area contributed by atoms with Gasteiger partial charge in [-0.3, -0.25) is 0 Å². The van der Waals surface area contributed by atoms with Crippen LogP contribution in [-0.4, -0.2) is 6.10 Å². The van der Waals surface area contributed by atoms with E-state index in [0.717, 1.165) is 35.2 Å². The molecule has 0 saturated carbocycles. The van der Waals surface area contributed by atoms with Crippen molar-refractivity contribution in [3.63, 3.8) is 0 Å². The summed E-state index contributed by atoms with van der Waals surface area (Å²) in [5.74, 6) is 0. The largest absolute Gasteiger partial charge is 0.416 e. The molecule has 0 fully saturated rings. The Hall–Kier alpha value is -2.75. The van der Waals surface area contributed by atoms with Gasteiger partial charge in [-0.25, -0.2) is 0 Å². The van der Waals surface area contributed by atoms with Crippen LogP contribution in [0.3, 0.4) is 0 Å². The summed E-state index contributed by atoms with van der Waals surface area (Å²) in [6.07, 6.45) is -3.69. The topological polar surface area (TPSA) is 33.0 Å². The maximum absolute atomic E-state index is 12.9. The maximum Gasteiger partial charge on any atom is 0.416 e. The Kier molecular flexibility index (Phi) is 5.85. The van der Waals surface area contributed by atoms with Crippen molar-refractivity contribution in [2.24, 2.45) is 0 Å². The van der Waals surface area contributed by atoms with E-state index in [1.165, 1.54) is 23.4 Å². The Morgan fingerprint density at radius 1 is 0.967 bits per heavy atom. The van der Waals surface area contributed by atoms with E-state index in [9.17, 15) is 13.2 Å². The number of thiocyanates is 1. The summed E-state index contributed by atoms with van der Waals surface area (Å²) in [7, 11) is 0. The van der Waals surface area contributed by atoms with Crippen molar-refractivity contribution in [2.45, 2.75) is 30.6 Å². The number of rotatable bonds is 5. The molecule has 0 spiro atoms. The van der Waals surface area contributed by atoms with Crippen LogP contribution in [0.5, 0.6) is 0 Å². The highest BCUT2D eigenvalue weighted by atomic mass is 32.2. The fourth-order valence-corrected chi connectivity index (χ4v) is 4.53. The Balaban J connectivity index is 1.44. The van der Waals surface area contributed by atoms with Crippen LogP contribution in [-0.2, 0) is 23.9 Å². The lowest BCUT2D eigenvalue weighted by atomic mass is 10.0. The van der Waals surface area contributed by atoms with Crippen LogP contribution in [0.15, 0.2) is 72.8 Å². The summed E-state index contributed by atoms with van der Waals surface area (Å²) in [5, 5.41) is 11.3. The van der Waals surface area contributed by atoms with Crippen molar-refractivity contribution in [1.82, 2.24) is 0 Å². The molecule has 0 aromatic heterocycles. The van der Waals surface area contributed by atoms with Crippen molar-refractivity contribution >= 4 is 11.8 Å². The first-order valence-electron chi connectivity index (χ1n) is 9.46. The molecule has 3 aromatic carbocycles. The molecule has 0 saturated heterocycles. The number of hydrogen-bond donors (Lipinski definition) is 0. The van der Waals surface area contributed by atoms with Gasteiger partial charge in [-0.1, -0.05) is 60.7 Å². The van der Waals surface area contributed by atoms with Crippen LogP contribution in [0, 0.1) is 10.7 Å². The molecule has 0 amide bonds. The summed E-state index contributed by atoms with van der Waals surface area (Å²) >= 11 is 1.22. The minimum Gasteiger partial charge on any atom is -0.372 e. The molecule has 2 atom stereocenters. The van der Waals surface area contributed by atoms with Gasteiger partial charge in [0.2, 0.25) is 0 Å². The number of hydrogen-bond acceptors (Lipinski definition) is 3. The molecule has 0 heterocycles. The second-order valence-electron chi connectivity index (χ2n) is 7.16. The van der Waals surface area contributed by atoms with Gasteiger partial charge in [0.15, 0.2) is 0 Å². The fraction of sp³-hybridized carbons (Fsp3) is 0.208. The number of fused-ring (bicyclic) bond motifs is 1. The molecule has 2 nitrogen and oxygen atoms in total. The van der Waals surface area contributed by atoms with E-state index in [1.54, 1.807) is 18.2 Å². The van der Waals surface area contributed by atoms with Crippen LogP contribution < -0.4 is 0 Å². The molecule has 0 N–H and O–H groups in total. The summed E-state index contributed by atoms with van der Waals surface area (Å²) < 4.78 is 45.0. The van der Waals surface area contributed by atoms with Gasteiger partial charge >= 0.3 is 6.18 Å². The Bertz CT molecular complexity index is 1070. The molecule has 0 unspecified atom stereocenters. The quantitative estimate of drug-likeness (QED) is 0.423. The van der Waals surface area contributed by atoms with Crippen LogP contribution in [0.1, 0.15) is 27.5 Å². The van der Waals surface area contributed by atoms with Gasteiger partial charge in [-0.15, -0.1) is 0 Å². The van der Waals surface area contributed by atoms with Gasteiger partial charge in [-0.05, 0) is 51.7 Å². The van der Waals surface area contributed by atoms with Crippen LogP contribution in [0.4, 0.5) is 13.2 Å². The highest BCUT2D eigenvalue weighted by molar-refractivity contribution is 8.04. The molecular weight excluding hydrogens is 407 g/mol. The van der Waals surface area contributed by atoms with Crippen molar-refractivity contribution < 1.29 is 17.9 Å². The third-order valence-electron chi connectivity index (χ3n) is 5.24. The van der Waals surface area contributed by atoms with E-state index in [1.807, 2.05) is 30.3 Å². The Labute approximate surface area is 177 Å². The zero-order valence-corrected chi connectivity index (χ0v) is 16.7. The lowest BCUT2D eigenvalue weighted by Gasteiger charge is -2.18. The third kappa shape index (κ3) is 4.38. The number of alkyl halides is 3. The lowest BCUT2D eigenvalue weighted by molar-refractivity contribution is -0.137. The van der Waals surface area contributed by atoms with Crippen LogP contribution >= 0.6 is 11.8 Å². The number of thioether (sulfide) groups is 1. The van der Waals surface area contributed by atoms with E-state index in [2.05, 4.69) is 11.5 Å². The highest BCUT2D eigenvalue weighted by Gasteiger charge is 2.33. The Morgan fingerprint density at radius 3 is 2.47 bits per heavy atom. The van der Waals surface area contributed by atoms with E-state index < -0.39 is 11.7 Å². The SMILES string of the molecule is N#CS[C@@H]1c2ccccc2C[C@@H]1OCc1ccc(-c2cccc(C(F)(F)F)c2)cc1. The minimum atomic E-state index is -4.36. The fourth-order valence-electron chi connectivity index (χ4n) is 3.74. The molecule has 0 radical (unpaired) electrons. The first-order chi connectivity index (χ1) is 14.5. The van der Waals surface area contributed by atoms with Gasteiger partial charge in [0.1, 0.15) is 5.40 Å². The lowest BCUT2D eigenvalue weighted by Crippen LogP contribution is -2.16. The minimum absolute atomic E-state index is 0.0180. The second kappa shape index (κ2) is 8.55. The van der Waals surface area contributed by atoms with Gasteiger partial charge in [0.25, 0.3) is 0 Å². The standard InChI is InChI=1S/C24H18F3NOS/c25-24(26,27)20-6-3-5-18(12-20)17-10-8-16(9-11-17)14-29-22-13-19-4-1-2-7-21(19)23(22)30-15-28/h1-12,22-23H,13-14H2/t22-,23+/m0/s1. The molecular formula is C24H18F3NOS. The normalized spacial score (nSPS) is 18.1. The molecule has 3 aromatic rings. The number of ether oxygens (including phenoxy) is 1. The maximum atomic E-state index is 12.9. The smallest absolute Gasteiger partial charge is 0.372 e. The van der Waals surface area contributed by atoms with Crippen molar-refractivity contribution in [3.05, 3.63) is 95.1 Å². The number of nitriles is 1. The summed E-state index contributed by atoms with van der Waals surface area (Å²) in [6, 6.07) is 20.7. The molecule has 152 valence electrons. The Morgan fingerprint density at radius 2 is 1.73 bits per heavy atom. The summed E-state index contributed by atoms with van der Waals surface area (Å²) in [6.45, 7) is 0.379. The molecule has 30 heavy (non-hydrogen) atoms. The number of halogens is 3. The average molecular weight is 425 g/mol. The molecule has 6 heteroatoms. The summed E-state index contributed by atoms with van der Waals surface area (Å²) in [4.78, 5) is 0. The average Bonchev–Trinajstić information content (AvgIpc) is 3.10. The monoisotopic (exact) mass is 425 g/mol. The molecule has 0 aliphatic heterocycles. The molecule has 4 rings (SSSR count). The molecule has 0 bridgehead atoms. The van der Waals surface area contributed by atoms with Gasteiger partial charge in [0, 0.05) is 6.42 Å². The van der Waals surface area contributed by atoms with Gasteiger partial charge in [-0.2, -0.15) is 18.4 Å². The first kappa shape index (κ1) is 20.5. The zero-order chi connectivity index (χ0) is 21.1.